The predicted molar refractivity (Wildman–Crippen MR) is 76.3 cm³/mol. The quantitative estimate of drug-likeness (QED) is 0.483. The largest absolute Gasteiger partial charge is 0.493 e. The van der Waals surface area contributed by atoms with Crippen LogP contribution in [-0.4, -0.2) is 26.5 Å². The Hall–Kier alpha value is -2.89. The zero-order valence-corrected chi connectivity index (χ0v) is 12.0. The Bertz CT molecular complexity index is 669. The van der Waals surface area contributed by atoms with Crippen LogP contribution in [0.2, 0.25) is 0 Å². The lowest BCUT2D eigenvalue weighted by Crippen LogP contribution is -2.10. The summed E-state index contributed by atoms with van der Waals surface area (Å²) in [5.74, 6) is -0.753. The van der Waals surface area contributed by atoms with E-state index >= 15 is 0 Å². The van der Waals surface area contributed by atoms with Crippen molar-refractivity contribution in [3.63, 3.8) is 0 Å². The van der Waals surface area contributed by atoms with E-state index in [9.17, 15) is 14.0 Å². The number of halogens is 1. The molecule has 0 bridgehead atoms. The van der Waals surface area contributed by atoms with Crippen LogP contribution >= 0.6 is 0 Å². The Morgan fingerprint density at radius 3 is 2.05 bits per heavy atom. The Morgan fingerprint density at radius 1 is 1.05 bits per heavy atom. The first kappa shape index (κ1) is 15.5. The van der Waals surface area contributed by atoms with Gasteiger partial charge in [-0.05, 0) is 36.4 Å². The average Bonchev–Trinajstić information content (AvgIpc) is 2.55. The number of esters is 1. The van der Waals surface area contributed by atoms with Crippen molar-refractivity contribution in [3.8, 4) is 17.2 Å². The average molecular weight is 304 g/mol. The zero-order valence-electron chi connectivity index (χ0n) is 12.0. The second-order valence-electron chi connectivity index (χ2n) is 4.27. The number of methoxy groups -OCH3 is 2. The van der Waals surface area contributed by atoms with Gasteiger partial charge in [0.2, 0.25) is 5.75 Å². The van der Waals surface area contributed by atoms with Crippen LogP contribution in [0, 0.1) is 5.82 Å². The molecule has 0 fully saturated rings. The fraction of sp³-hybridized carbons (Fsp3) is 0.125. The molecule has 5 nitrogen and oxygen atoms in total. The van der Waals surface area contributed by atoms with E-state index in [1.54, 1.807) is 0 Å². The molecule has 22 heavy (non-hydrogen) atoms. The molecule has 0 unspecified atom stereocenters. The molecule has 0 amide bonds. The minimum absolute atomic E-state index is 0.0462. The standard InChI is InChI=1S/C16H13FO5/c1-20-13-7-10(9-18)8-14(21-2)15(13)22-16(19)11-3-5-12(17)6-4-11/h3-9H,1-2H3. The fourth-order valence-corrected chi connectivity index (χ4v) is 1.81. The molecule has 114 valence electrons. The molecule has 0 atom stereocenters. The summed E-state index contributed by atoms with van der Waals surface area (Å²) >= 11 is 0. The summed E-state index contributed by atoms with van der Waals surface area (Å²) in [4.78, 5) is 23.0. The minimum Gasteiger partial charge on any atom is -0.493 e. The summed E-state index contributed by atoms with van der Waals surface area (Å²) in [6.07, 6.45) is 0.622. The summed E-state index contributed by atoms with van der Waals surface area (Å²) < 4.78 is 28.3. The summed E-state index contributed by atoms with van der Waals surface area (Å²) in [5, 5.41) is 0. The molecular weight excluding hydrogens is 291 g/mol. The first-order valence-corrected chi connectivity index (χ1v) is 6.28. The Morgan fingerprint density at radius 2 is 1.59 bits per heavy atom. The molecule has 0 spiro atoms. The summed E-state index contributed by atoms with van der Waals surface area (Å²) in [6.45, 7) is 0. The van der Waals surface area contributed by atoms with E-state index in [0.717, 1.165) is 12.1 Å². The smallest absolute Gasteiger partial charge is 0.343 e. The Kier molecular flexibility index (Phi) is 4.73. The van der Waals surface area contributed by atoms with E-state index in [1.165, 1.54) is 38.5 Å². The van der Waals surface area contributed by atoms with Crippen LogP contribution in [-0.2, 0) is 0 Å². The van der Waals surface area contributed by atoms with Gasteiger partial charge in [-0.25, -0.2) is 9.18 Å². The molecule has 0 heterocycles. The number of hydrogen-bond donors (Lipinski definition) is 0. The molecule has 2 rings (SSSR count). The van der Waals surface area contributed by atoms with Crippen LogP contribution in [0.4, 0.5) is 4.39 Å². The molecule has 0 N–H and O–H groups in total. The third-order valence-corrected chi connectivity index (χ3v) is 2.89. The van der Waals surface area contributed by atoms with Crippen LogP contribution in [0.25, 0.3) is 0 Å². The highest BCUT2D eigenvalue weighted by Gasteiger charge is 2.18. The third-order valence-electron chi connectivity index (χ3n) is 2.89. The van der Waals surface area contributed by atoms with Gasteiger partial charge >= 0.3 is 5.97 Å². The van der Waals surface area contributed by atoms with Gasteiger partial charge in [0.15, 0.2) is 11.5 Å². The van der Waals surface area contributed by atoms with Gasteiger partial charge in [-0.1, -0.05) is 0 Å². The molecule has 0 aromatic heterocycles. The van der Waals surface area contributed by atoms with E-state index in [4.69, 9.17) is 14.2 Å². The van der Waals surface area contributed by atoms with Gasteiger partial charge in [0.1, 0.15) is 12.1 Å². The highest BCUT2D eigenvalue weighted by atomic mass is 19.1. The Labute approximate surface area is 126 Å². The molecule has 0 saturated carbocycles. The van der Waals surface area contributed by atoms with Crippen LogP contribution < -0.4 is 14.2 Å². The summed E-state index contributed by atoms with van der Waals surface area (Å²) in [7, 11) is 2.75. The fourth-order valence-electron chi connectivity index (χ4n) is 1.81. The highest BCUT2D eigenvalue weighted by molar-refractivity contribution is 5.92. The van der Waals surface area contributed by atoms with Gasteiger partial charge in [-0.3, -0.25) is 4.79 Å². The number of carbonyl (C=O) groups is 2. The van der Waals surface area contributed by atoms with Crippen molar-refractivity contribution in [1.29, 1.82) is 0 Å². The van der Waals surface area contributed by atoms with Gasteiger partial charge < -0.3 is 14.2 Å². The van der Waals surface area contributed by atoms with E-state index in [-0.39, 0.29) is 22.8 Å². The maximum absolute atomic E-state index is 12.9. The van der Waals surface area contributed by atoms with Crippen LogP contribution in [0.15, 0.2) is 36.4 Å². The van der Waals surface area contributed by atoms with E-state index < -0.39 is 11.8 Å². The molecular formula is C16H13FO5. The first-order chi connectivity index (χ1) is 10.6. The lowest BCUT2D eigenvalue weighted by atomic mass is 10.2. The van der Waals surface area contributed by atoms with Crippen LogP contribution in [0.3, 0.4) is 0 Å². The summed E-state index contributed by atoms with van der Waals surface area (Å²) in [6, 6.07) is 7.75. The first-order valence-electron chi connectivity index (χ1n) is 6.28. The van der Waals surface area contributed by atoms with E-state index in [0.29, 0.717) is 11.8 Å². The number of hydrogen-bond acceptors (Lipinski definition) is 5. The number of aldehydes is 1. The molecule has 2 aromatic rings. The molecule has 0 aliphatic heterocycles. The van der Waals surface area contributed by atoms with E-state index in [1.807, 2.05) is 0 Å². The topological polar surface area (TPSA) is 61.8 Å². The van der Waals surface area contributed by atoms with E-state index in [2.05, 4.69) is 0 Å². The number of rotatable bonds is 5. The van der Waals surface area contributed by atoms with Crippen molar-refractivity contribution in [2.75, 3.05) is 14.2 Å². The third kappa shape index (κ3) is 3.22. The maximum Gasteiger partial charge on any atom is 0.343 e. The normalized spacial score (nSPS) is 9.95. The highest BCUT2D eigenvalue weighted by Crippen LogP contribution is 2.38. The lowest BCUT2D eigenvalue weighted by molar-refractivity contribution is 0.0724. The summed E-state index contributed by atoms with van der Waals surface area (Å²) in [5.41, 5.74) is 0.486. The van der Waals surface area contributed by atoms with Crippen molar-refractivity contribution in [2.24, 2.45) is 0 Å². The van der Waals surface area contributed by atoms with Gasteiger partial charge in [-0.2, -0.15) is 0 Å². The monoisotopic (exact) mass is 304 g/mol. The molecule has 0 aliphatic rings. The number of benzene rings is 2. The molecule has 0 aliphatic carbocycles. The van der Waals surface area contributed by atoms with Gasteiger partial charge in [0.05, 0.1) is 19.8 Å². The van der Waals surface area contributed by atoms with Crippen molar-refractivity contribution in [3.05, 3.63) is 53.3 Å². The van der Waals surface area contributed by atoms with Crippen molar-refractivity contribution in [1.82, 2.24) is 0 Å². The second kappa shape index (κ2) is 6.71. The SMILES string of the molecule is COc1cc(C=O)cc(OC)c1OC(=O)c1ccc(F)cc1. The van der Waals surface area contributed by atoms with Crippen LogP contribution in [0.1, 0.15) is 20.7 Å². The minimum atomic E-state index is -0.699. The second-order valence-corrected chi connectivity index (χ2v) is 4.27. The Balaban J connectivity index is 2.37. The lowest BCUT2D eigenvalue weighted by Gasteiger charge is -2.13. The molecule has 0 radical (unpaired) electrons. The molecule has 0 saturated heterocycles. The predicted octanol–water partition coefficient (Wildman–Crippen LogP) is 2.87. The van der Waals surface area contributed by atoms with Crippen molar-refractivity contribution >= 4 is 12.3 Å². The number of ether oxygens (including phenoxy) is 3. The van der Waals surface area contributed by atoms with Gasteiger partial charge in [0.25, 0.3) is 0 Å². The maximum atomic E-state index is 12.9. The van der Waals surface area contributed by atoms with Crippen molar-refractivity contribution < 1.29 is 28.2 Å². The molecule has 2 aromatic carbocycles. The molecule has 6 heteroatoms. The zero-order chi connectivity index (χ0) is 16.1. The number of carbonyl (C=O) groups excluding carboxylic acids is 2. The van der Waals surface area contributed by atoms with Crippen LogP contribution in [0.5, 0.6) is 17.2 Å². The van der Waals surface area contributed by atoms with Crippen molar-refractivity contribution in [2.45, 2.75) is 0 Å². The van der Waals surface area contributed by atoms with Gasteiger partial charge in [0, 0.05) is 5.56 Å². The van der Waals surface area contributed by atoms with Gasteiger partial charge in [-0.15, -0.1) is 0 Å².